The summed E-state index contributed by atoms with van der Waals surface area (Å²) in [5.74, 6) is -0.685. The van der Waals surface area contributed by atoms with E-state index in [2.05, 4.69) is 0 Å². The summed E-state index contributed by atoms with van der Waals surface area (Å²) >= 11 is 12.1. The number of ether oxygens (including phenoxy) is 2. The lowest BCUT2D eigenvalue weighted by Gasteiger charge is -2.44. The fourth-order valence-electron chi connectivity index (χ4n) is 3.70. The molecule has 7 heteroatoms. The van der Waals surface area contributed by atoms with Crippen LogP contribution in [0.15, 0.2) is 48.5 Å². The standard InChI is InChI=1S/C22H23Cl2NO4/c1-3-4-18(22(27)28-2)25-19(26)13-29-21(15-7-11-17(24)12-8-15)20(25)14-5-9-16(23)10-6-14/h5-12,18,20-21H,3-4,13H2,1-2H3/t18?,20-,21+/m0/s1. The summed E-state index contributed by atoms with van der Waals surface area (Å²) in [6.07, 6.45) is 0.759. The van der Waals surface area contributed by atoms with Crippen molar-refractivity contribution in [3.05, 3.63) is 69.7 Å². The lowest BCUT2D eigenvalue weighted by molar-refractivity contribution is -0.173. The van der Waals surface area contributed by atoms with Crippen molar-refractivity contribution < 1.29 is 19.1 Å². The SMILES string of the molecule is CCCC(C(=O)OC)N1C(=O)CO[C@H](c2ccc(Cl)cc2)[C@@H]1c1ccc(Cl)cc1. The van der Waals surface area contributed by atoms with E-state index in [0.29, 0.717) is 16.5 Å². The molecule has 2 aromatic carbocycles. The molecule has 2 aromatic rings. The maximum Gasteiger partial charge on any atom is 0.328 e. The van der Waals surface area contributed by atoms with E-state index in [9.17, 15) is 9.59 Å². The van der Waals surface area contributed by atoms with Gasteiger partial charge in [0.15, 0.2) is 0 Å². The quantitative estimate of drug-likeness (QED) is 0.600. The van der Waals surface area contributed by atoms with Gasteiger partial charge in [-0.25, -0.2) is 4.79 Å². The van der Waals surface area contributed by atoms with Crippen molar-refractivity contribution in [1.82, 2.24) is 4.90 Å². The minimum absolute atomic E-state index is 0.116. The number of methoxy groups -OCH3 is 1. The molecular formula is C22H23Cl2NO4. The Morgan fingerprint density at radius 2 is 1.66 bits per heavy atom. The van der Waals surface area contributed by atoms with Crippen LogP contribution < -0.4 is 0 Å². The Morgan fingerprint density at radius 3 is 2.17 bits per heavy atom. The smallest absolute Gasteiger partial charge is 0.328 e. The van der Waals surface area contributed by atoms with Crippen LogP contribution >= 0.6 is 23.2 Å². The first-order valence-electron chi connectivity index (χ1n) is 9.47. The van der Waals surface area contributed by atoms with Crippen LogP contribution in [0.25, 0.3) is 0 Å². The largest absolute Gasteiger partial charge is 0.467 e. The number of hydrogen-bond donors (Lipinski definition) is 0. The zero-order valence-electron chi connectivity index (χ0n) is 16.3. The molecular weight excluding hydrogens is 413 g/mol. The van der Waals surface area contributed by atoms with Gasteiger partial charge in [0.25, 0.3) is 0 Å². The van der Waals surface area contributed by atoms with Gasteiger partial charge in [0.2, 0.25) is 5.91 Å². The van der Waals surface area contributed by atoms with Crippen LogP contribution in [0.2, 0.25) is 10.0 Å². The van der Waals surface area contributed by atoms with Gasteiger partial charge in [-0.3, -0.25) is 4.79 Å². The number of rotatable bonds is 6. The van der Waals surface area contributed by atoms with Crippen LogP contribution in [0.4, 0.5) is 0 Å². The zero-order valence-corrected chi connectivity index (χ0v) is 17.8. The molecule has 3 atom stereocenters. The van der Waals surface area contributed by atoms with Crippen molar-refractivity contribution >= 4 is 35.1 Å². The predicted octanol–water partition coefficient (Wildman–Crippen LogP) is 4.98. The third-order valence-electron chi connectivity index (χ3n) is 5.04. The topological polar surface area (TPSA) is 55.8 Å². The summed E-state index contributed by atoms with van der Waals surface area (Å²) in [4.78, 5) is 27.1. The summed E-state index contributed by atoms with van der Waals surface area (Å²) < 4.78 is 11.0. The van der Waals surface area contributed by atoms with E-state index in [4.69, 9.17) is 32.7 Å². The molecule has 1 heterocycles. The van der Waals surface area contributed by atoms with Crippen molar-refractivity contribution in [2.75, 3.05) is 13.7 Å². The predicted molar refractivity (Wildman–Crippen MR) is 112 cm³/mol. The lowest BCUT2D eigenvalue weighted by Crippen LogP contribution is -2.53. The van der Waals surface area contributed by atoms with Gasteiger partial charge in [-0.2, -0.15) is 0 Å². The van der Waals surface area contributed by atoms with Crippen molar-refractivity contribution in [3.63, 3.8) is 0 Å². The molecule has 0 N–H and O–H groups in total. The third-order valence-corrected chi connectivity index (χ3v) is 5.55. The Balaban J connectivity index is 2.11. The highest BCUT2D eigenvalue weighted by atomic mass is 35.5. The highest BCUT2D eigenvalue weighted by Crippen LogP contribution is 2.42. The number of hydrogen-bond acceptors (Lipinski definition) is 4. The minimum atomic E-state index is -0.697. The maximum atomic E-state index is 13.0. The highest BCUT2D eigenvalue weighted by Gasteiger charge is 2.44. The molecule has 29 heavy (non-hydrogen) atoms. The van der Waals surface area contributed by atoms with Gasteiger partial charge in [-0.05, 0) is 41.8 Å². The van der Waals surface area contributed by atoms with Crippen LogP contribution in [0.1, 0.15) is 43.0 Å². The Bertz CT molecular complexity index is 854. The molecule has 1 unspecified atom stereocenters. The Morgan fingerprint density at radius 1 is 1.10 bits per heavy atom. The van der Waals surface area contributed by atoms with E-state index in [1.165, 1.54) is 7.11 Å². The van der Waals surface area contributed by atoms with Gasteiger partial charge in [-0.15, -0.1) is 0 Å². The molecule has 0 aromatic heterocycles. The Kier molecular flexibility index (Phi) is 7.17. The number of carbonyl (C=O) groups is 2. The number of halogens is 2. The van der Waals surface area contributed by atoms with Crippen molar-refractivity contribution in [3.8, 4) is 0 Å². The first kappa shape index (κ1) is 21.6. The van der Waals surface area contributed by atoms with E-state index in [-0.39, 0.29) is 12.5 Å². The van der Waals surface area contributed by atoms with Crippen LogP contribution in [-0.4, -0.2) is 36.5 Å². The minimum Gasteiger partial charge on any atom is -0.467 e. The maximum absolute atomic E-state index is 13.0. The molecule has 0 bridgehead atoms. The lowest BCUT2D eigenvalue weighted by atomic mass is 9.90. The number of morpholine rings is 1. The summed E-state index contributed by atoms with van der Waals surface area (Å²) in [7, 11) is 1.34. The first-order chi connectivity index (χ1) is 14.0. The second kappa shape index (κ2) is 9.61. The summed E-state index contributed by atoms with van der Waals surface area (Å²) in [5, 5.41) is 1.20. The zero-order chi connectivity index (χ0) is 21.0. The van der Waals surface area contributed by atoms with Gasteiger partial charge in [0, 0.05) is 10.0 Å². The molecule has 1 saturated heterocycles. The second-order valence-corrected chi connectivity index (χ2v) is 7.78. The molecule has 0 saturated carbocycles. The average Bonchev–Trinajstić information content (AvgIpc) is 2.73. The van der Waals surface area contributed by atoms with E-state index in [0.717, 1.165) is 17.5 Å². The number of benzene rings is 2. The molecule has 154 valence electrons. The van der Waals surface area contributed by atoms with Crippen LogP contribution in [0, 0.1) is 0 Å². The van der Waals surface area contributed by atoms with Crippen LogP contribution in [0.3, 0.4) is 0 Å². The monoisotopic (exact) mass is 435 g/mol. The molecule has 1 fully saturated rings. The molecule has 3 rings (SSSR count). The number of amides is 1. The summed E-state index contributed by atoms with van der Waals surface area (Å²) in [6.45, 7) is 1.85. The molecule has 1 amide bonds. The Labute approximate surface area is 180 Å². The molecule has 0 spiro atoms. The number of carbonyl (C=O) groups excluding carboxylic acids is 2. The number of esters is 1. The molecule has 1 aliphatic heterocycles. The van der Waals surface area contributed by atoms with Gasteiger partial charge in [-0.1, -0.05) is 60.8 Å². The van der Waals surface area contributed by atoms with Gasteiger partial charge in [0.1, 0.15) is 18.8 Å². The van der Waals surface area contributed by atoms with E-state index in [1.807, 2.05) is 31.2 Å². The van der Waals surface area contributed by atoms with E-state index >= 15 is 0 Å². The van der Waals surface area contributed by atoms with E-state index in [1.54, 1.807) is 29.2 Å². The fraction of sp³-hybridized carbons (Fsp3) is 0.364. The van der Waals surface area contributed by atoms with Crippen molar-refractivity contribution in [2.45, 2.75) is 38.0 Å². The normalized spacial score (nSPS) is 20.4. The number of nitrogens with zero attached hydrogens (tertiary/aromatic N) is 1. The Hall–Kier alpha value is -2.08. The van der Waals surface area contributed by atoms with E-state index < -0.39 is 24.2 Å². The van der Waals surface area contributed by atoms with Crippen molar-refractivity contribution in [2.24, 2.45) is 0 Å². The summed E-state index contributed by atoms with van der Waals surface area (Å²) in [6, 6.07) is 13.3. The third kappa shape index (κ3) is 4.74. The fourth-order valence-corrected chi connectivity index (χ4v) is 3.95. The summed E-state index contributed by atoms with van der Waals surface area (Å²) in [5.41, 5.74) is 1.69. The molecule has 0 radical (unpaired) electrons. The average molecular weight is 436 g/mol. The van der Waals surface area contributed by atoms with Gasteiger partial charge >= 0.3 is 5.97 Å². The van der Waals surface area contributed by atoms with Gasteiger partial charge in [0.05, 0.1) is 13.2 Å². The second-order valence-electron chi connectivity index (χ2n) is 6.91. The molecule has 0 aliphatic carbocycles. The van der Waals surface area contributed by atoms with Crippen molar-refractivity contribution in [1.29, 1.82) is 0 Å². The van der Waals surface area contributed by atoms with Gasteiger partial charge < -0.3 is 14.4 Å². The van der Waals surface area contributed by atoms with Crippen LogP contribution in [-0.2, 0) is 19.1 Å². The van der Waals surface area contributed by atoms with Crippen LogP contribution in [0.5, 0.6) is 0 Å². The molecule has 5 nitrogen and oxygen atoms in total. The first-order valence-corrected chi connectivity index (χ1v) is 10.2. The molecule has 1 aliphatic rings. The highest BCUT2D eigenvalue weighted by molar-refractivity contribution is 6.30.